The second-order valence-corrected chi connectivity index (χ2v) is 6.98. The van der Waals surface area contributed by atoms with Gasteiger partial charge in [0, 0.05) is 44.2 Å². The van der Waals surface area contributed by atoms with Crippen LogP contribution in [0, 0.1) is 0 Å². The molecule has 1 aliphatic rings. The molecule has 0 heterocycles. The van der Waals surface area contributed by atoms with Gasteiger partial charge in [0.1, 0.15) is 0 Å². The first-order chi connectivity index (χ1) is 9.76. The third kappa shape index (κ3) is 5.99. The molecular weight excluding hydrogens is 270 g/mol. The Balaban J connectivity index is 2.40. The summed E-state index contributed by atoms with van der Waals surface area (Å²) < 4.78 is 17.4. The minimum absolute atomic E-state index is 0.623. The smallest absolute Gasteiger partial charge is 0.374 e. The van der Waals surface area contributed by atoms with Crippen molar-refractivity contribution >= 4 is 15.0 Å². The van der Waals surface area contributed by atoms with Crippen LogP contribution < -0.4 is 0 Å². The van der Waals surface area contributed by atoms with Crippen LogP contribution in [0.4, 0.5) is 0 Å². The van der Waals surface area contributed by atoms with E-state index in [2.05, 4.69) is 10.7 Å². The molecule has 0 N–H and O–H groups in total. The molecule has 1 rings (SSSR count). The van der Waals surface area contributed by atoms with Gasteiger partial charge in [0.25, 0.3) is 0 Å². The third-order valence-electron chi connectivity index (χ3n) is 2.72. The van der Waals surface area contributed by atoms with Crippen LogP contribution in [0.1, 0.15) is 27.2 Å². The molecule has 0 fully saturated rings. The average molecular weight is 295 g/mol. The van der Waals surface area contributed by atoms with E-state index in [4.69, 9.17) is 13.3 Å². The van der Waals surface area contributed by atoms with Gasteiger partial charge in [0.15, 0.2) is 0 Å². The van der Waals surface area contributed by atoms with E-state index in [1.165, 1.54) is 0 Å². The van der Waals surface area contributed by atoms with Crippen LogP contribution in [-0.2, 0) is 13.3 Å². The molecule has 0 bridgehead atoms. The van der Waals surface area contributed by atoms with Crippen molar-refractivity contribution in [2.45, 2.75) is 33.2 Å². The Kier molecular flexibility index (Phi) is 8.42. The summed E-state index contributed by atoms with van der Waals surface area (Å²) in [5, 5.41) is 0. The molecule has 0 saturated carbocycles. The van der Waals surface area contributed by atoms with Gasteiger partial charge in [0.2, 0.25) is 0 Å². The Morgan fingerprint density at radius 2 is 1.80 bits per heavy atom. The van der Waals surface area contributed by atoms with E-state index in [0.717, 1.165) is 24.6 Å². The molecule has 5 heteroatoms. The fourth-order valence-corrected chi connectivity index (χ4v) is 4.57. The first kappa shape index (κ1) is 17.1. The summed E-state index contributed by atoms with van der Waals surface area (Å²) >= 11 is 0. The molecule has 20 heavy (non-hydrogen) atoms. The molecule has 0 atom stereocenters. The van der Waals surface area contributed by atoms with Gasteiger partial charge in [-0.15, -0.1) is 5.73 Å². The normalized spacial score (nSPS) is 14.4. The van der Waals surface area contributed by atoms with Crippen molar-refractivity contribution in [1.29, 1.82) is 0 Å². The minimum atomic E-state index is -2.49. The number of rotatable bonds is 11. The van der Waals surface area contributed by atoms with Crippen molar-refractivity contribution in [1.82, 2.24) is 0 Å². The summed E-state index contributed by atoms with van der Waals surface area (Å²) in [7, 11) is -2.49. The Labute approximate surface area is 123 Å². The maximum atomic E-state index is 5.80. The summed E-state index contributed by atoms with van der Waals surface area (Å²) in [4.78, 5) is 4.40. The van der Waals surface area contributed by atoms with Crippen molar-refractivity contribution in [3.05, 3.63) is 29.5 Å². The molecule has 0 unspecified atom stereocenters. The van der Waals surface area contributed by atoms with Gasteiger partial charge < -0.3 is 13.3 Å². The van der Waals surface area contributed by atoms with Gasteiger partial charge in [-0.25, -0.2) is 0 Å². The summed E-state index contributed by atoms with van der Waals surface area (Å²) in [6.45, 7) is 8.55. The maximum Gasteiger partial charge on any atom is 0.500 e. The highest BCUT2D eigenvalue weighted by Gasteiger charge is 2.39. The van der Waals surface area contributed by atoms with Crippen LogP contribution in [0.3, 0.4) is 0 Å². The molecule has 1 aliphatic carbocycles. The highest BCUT2D eigenvalue weighted by atomic mass is 28.4. The van der Waals surface area contributed by atoms with E-state index < -0.39 is 8.80 Å². The summed E-state index contributed by atoms with van der Waals surface area (Å²) in [5.74, 6) is 0. The van der Waals surface area contributed by atoms with Crippen molar-refractivity contribution in [3.63, 3.8) is 0 Å². The van der Waals surface area contributed by atoms with Crippen molar-refractivity contribution in [3.8, 4) is 0 Å². The summed E-state index contributed by atoms with van der Waals surface area (Å²) in [5.41, 5.74) is 4.11. The van der Waals surface area contributed by atoms with E-state index in [9.17, 15) is 0 Å². The predicted molar refractivity (Wildman–Crippen MR) is 84.2 cm³/mol. The van der Waals surface area contributed by atoms with Crippen LogP contribution >= 0.6 is 0 Å². The van der Waals surface area contributed by atoms with Crippen molar-refractivity contribution < 1.29 is 13.3 Å². The SMILES string of the molecule is CCO[Si](CCCN=CC1=C=CC=C1)(OCC)OCC. The van der Waals surface area contributed by atoms with Crippen LogP contribution in [-0.4, -0.2) is 41.4 Å². The predicted octanol–water partition coefficient (Wildman–Crippen LogP) is 3.15. The highest BCUT2D eigenvalue weighted by Crippen LogP contribution is 2.18. The maximum absolute atomic E-state index is 5.80. The Hall–Kier alpha value is -0.973. The molecule has 0 saturated heterocycles. The lowest BCUT2D eigenvalue weighted by Gasteiger charge is -2.28. The second kappa shape index (κ2) is 9.86. The monoisotopic (exact) mass is 295 g/mol. The molecule has 0 aromatic carbocycles. The van der Waals surface area contributed by atoms with E-state index in [0.29, 0.717) is 19.8 Å². The first-order valence-corrected chi connectivity index (χ1v) is 9.24. The molecule has 0 aromatic rings. The van der Waals surface area contributed by atoms with Gasteiger partial charge in [-0.2, -0.15) is 0 Å². The van der Waals surface area contributed by atoms with E-state index in [-0.39, 0.29) is 0 Å². The molecule has 0 aliphatic heterocycles. The van der Waals surface area contributed by atoms with Crippen molar-refractivity contribution in [2.75, 3.05) is 26.4 Å². The van der Waals surface area contributed by atoms with Gasteiger partial charge in [0.05, 0.1) is 0 Å². The van der Waals surface area contributed by atoms with Gasteiger partial charge >= 0.3 is 8.80 Å². The van der Waals surface area contributed by atoms with E-state index in [1.807, 2.05) is 45.2 Å². The molecule has 4 nitrogen and oxygen atoms in total. The largest absolute Gasteiger partial charge is 0.500 e. The van der Waals surface area contributed by atoms with Gasteiger partial charge in [-0.3, -0.25) is 4.99 Å². The second-order valence-electron chi connectivity index (χ2n) is 4.25. The van der Waals surface area contributed by atoms with Crippen molar-refractivity contribution in [2.24, 2.45) is 4.99 Å². The number of hydrogen-bond donors (Lipinski definition) is 0. The van der Waals surface area contributed by atoms with Crippen LogP contribution in [0.2, 0.25) is 6.04 Å². The van der Waals surface area contributed by atoms with Crippen LogP contribution in [0.25, 0.3) is 0 Å². The Morgan fingerprint density at radius 1 is 1.15 bits per heavy atom. The van der Waals surface area contributed by atoms with Crippen LogP contribution in [0.5, 0.6) is 0 Å². The molecule has 0 aromatic heterocycles. The average Bonchev–Trinajstić information content (AvgIpc) is 2.92. The molecule has 0 amide bonds. The van der Waals surface area contributed by atoms with Crippen LogP contribution in [0.15, 0.2) is 34.5 Å². The first-order valence-electron chi connectivity index (χ1n) is 7.31. The zero-order chi connectivity index (χ0) is 14.7. The number of allylic oxidation sites excluding steroid dienone is 3. The quantitative estimate of drug-likeness (QED) is 0.254. The zero-order valence-corrected chi connectivity index (χ0v) is 13.7. The lowest BCUT2D eigenvalue weighted by molar-refractivity contribution is 0.0710. The fraction of sp³-hybridized carbons (Fsp3) is 0.600. The highest BCUT2D eigenvalue weighted by molar-refractivity contribution is 6.60. The Bertz CT molecular complexity index is 381. The topological polar surface area (TPSA) is 40.0 Å². The molecular formula is C15H25NO3Si. The number of hydrogen-bond acceptors (Lipinski definition) is 4. The van der Waals surface area contributed by atoms with E-state index in [1.54, 1.807) is 0 Å². The van der Waals surface area contributed by atoms with E-state index >= 15 is 0 Å². The summed E-state index contributed by atoms with van der Waals surface area (Å²) in [6.07, 6.45) is 8.59. The minimum Gasteiger partial charge on any atom is -0.374 e. The van der Waals surface area contributed by atoms with Gasteiger partial charge in [-0.05, 0) is 39.3 Å². The zero-order valence-electron chi connectivity index (χ0n) is 12.7. The summed E-state index contributed by atoms with van der Waals surface area (Å²) in [6, 6.07) is 0.810. The number of aliphatic imine (C=N–C) groups is 1. The standard InChI is InChI=1S/C15H25NO3Si/c1-4-17-20(18-5-2,19-6-3)13-9-12-16-14-15-10-7-8-11-15/h7-8,10,14H,4-6,9,12-13H2,1-3H3. The number of nitrogens with zero attached hydrogens (tertiary/aromatic N) is 1. The molecule has 112 valence electrons. The fourth-order valence-electron chi connectivity index (χ4n) is 1.98. The molecule has 0 spiro atoms. The lowest BCUT2D eigenvalue weighted by Crippen LogP contribution is -2.46. The molecule has 0 radical (unpaired) electrons. The third-order valence-corrected chi connectivity index (χ3v) is 5.87. The Morgan fingerprint density at radius 3 is 2.30 bits per heavy atom. The van der Waals surface area contributed by atoms with Gasteiger partial charge in [-0.1, -0.05) is 6.08 Å². The lowest BCUT2D eigenvalue weighted by atomic mass is 10.3.